The topological polar surface area (TPSA) is 44.8 Å². The number of esters is 1. The van der Waals surface area contributed by atoms with Crippen molar-refractivity contribution in [2.24, 2.45) is 11.3 Å². The first kappa shape index (κ1) is 26.7. The fourth-order valence-corrected chi connectivity index (χ4v) is 4.87. The molecule has 196 valence electrons. The van der Waals surface area contributed by atoms with Gasteiger partial charge in [-0.2, -0.15) is 0 Å². The number of methoxy groups -OCH3 is 2. The number of carbonyl (C=O) groups is 1. The van der Waals surface area contributed by atoms with E-state index in [9.17, 15) is 9.18 Å². The Bertz CT molecular complexity index is 1240. The molecular formula is C32H37FO4. The monoisotopic (exact) mass is 504 g/mol. The van der Waals surface area contributed by atoms with Crippen LogP contribution in [0.5, 0.6) is 11.5 Å². The van der Waals surface area contributed by atoms with Crippen LogP contribution in [-0.2, 0) is 22.6 Å². The van der Waals surface area contributed by atoms with E-state index < -0.39 is 0 Å². The fraction of sp³-hybridized carbons (Fsp3) is 0.406. The van der Waals surface area contributed by atoms with E-state index in [4.69, 9.17) is 14.2 Å². The normalized spacial score (nSPS) is 14.2. The molecule has 4 nitrogen and oxygen atoms in total. The minimum atomic E-state index is -0.269. The molecule has 0 N–H and O–H groups in total. The standard InChI is InChI=1S/C32H37FO4/c1-32(2,3)19-24-15-21(9-13-27(24)29-17-25(35-4)12-14-30(29)33)20-37-26-8-6-7-23(16-26)28(22-10-11-22)18-31(34)36-5/h6-9,12-17,22,28H,10-11,18-20H2,1-5H3. The Labute approximate surface area is 219 Å². The number of benzene rings is 3. The number of halogens is 1. The van der Waals surface area contributed by atoms with Gasteiger partial charge in [-0.05, 0) is 89.1 Å². The lowest BCUT2D eigenvalue weighted by atomic mass is 9.84. The van der Waals surface area contributed by atoms with Crippen LogP contribution in [0.25, 0.3) is 11.1 Å². The lowest BCUT2D eigenvalue weighted by Crippen LogP contribution is -2.11. The van der Waals surface area contributed by atoms with E-state index in [0.717, 1.165) is 47.3 Å². The van der Waals surface area contributed by atoms with Gasteiger partial charge in [-0.25, -0.2) is 4.39 Å². The minimum Gasteiger partial charge on any atom is -0.497 e. The van der Waals surface area contributed by atoms with Crippen LogP contribution in [-0.4, -0.2) is 20.2 Å². The average molecular weight is 505 g/mol. The molecule has 1 saturated carbocycles. The van der Waals surface area contributed by atoms with E-state index in [0.29, 0.717) is 30.3 Å². The lowest BCUT2D eigenvalue weighted by molar-refractivity contribution is -0.141. The number of carbonyl (C=O) groups excluding carboxylic acids is 1. The molecule has 0 bridgehead atoms. The molecule has 1 aliphatic rings. The first-order chi connectivity index (χ1) is 17.7. The Morgan fingerprint density at radius 2 is 1.76 bits per heavy atom. The summed E-state index contributed by atoms with van der Waals surface area (Å²) in [4.78, 5) is 12.0. The third-order valence-corrected chi connectivity index (χ3v) is 6.85. The second-order valence-corrected chi connectivity index (χ2v) is 11.2. The predicted octanol–water partition coefficient (Wildman–Crippen LogP) is 7.73. The number of hydrogen-bond acceptors (Lipinski definition) is 4. The van der Waals surface area contributed by atoms with Gasteiger partial charge in [0.15, 0.2) is 0 Å². The Hall–Kier alpha value is -3.34. The van der Waals surface area contributed by atoms with Crippen LogP contribution in [0.2, 0.25) is 0 Å². The highest BCUT2D eigenvalue weighted by molar-refractivity contribution is 5.71. The van der Waals surface area contributed by atoms with Crippen LogP contribution >= 0.6 is 0 Å². The Morgan fingerprint density at radius 3 is 2.43 bits per heavy atom. The summed E-state index contributed by atoms with van der Waals surface area (Å²) in [5.41, 5.74) is 4.63. The molecule has 3 aromatic rings. The van der Waals surface area contributed by atoms with E-state index in [-0.39, 0.29) is 23.1 Å². The van der Waals surface area contributed by atoms with Gasteiger partial charge < -0.3 is 14.2 Å². The van der Waals surface area contributed by atoms with E-state index >= 15 is 0 Å². The first-order valence-corrected chi connectivity index (χ1v) is 12.9. The van der Waals surface area contributed by atoms with E-state index in [2.05, 4.69) is 32.9 Å². The van der Waals surface area contributed by atoms with Crippen molar-refractivity contribution in [2.75, 3.05) is 14.2 Å². The summed E-state index contributed by atoms with van der Waals surface area (Å²) in [6.07, 6.45) is 3.47. The Morgan fingerprint density at radius 1 is 0.973 bits per heavy atom. The van der Waals surface area contributed by atoms with Gasteiger partial charge in [0.05, 0.1) is 20.6 Å². The average Bonchev–Trinajstić information content (AvgIpc) is 3.71. The second kappa shape index (κ2) is 11.4. The third kappa shape index (κ3) is 7.12. The maximum absolute atomic E-state index is 14.8. The molecule has 0 amide bonds. The highest BCUT2D eigenvalue weighted by Gasteiger charge is 2.34. The zero-order chi connectivity index (χ0) is 26.6. The van der Waals surface area contributed by atoms with Crippen LogP contribution in [0.4, 0.5) is 4.39 Å². The molecule has 4 rings (SSSR count). The van der Waals surface area contributed by atoms with Crippen LogP contribution < -0.4 is 9.47 Å². The van der Waals surface area contributed by atoms with E-state index in [1.807, 2.05) is 30.3 Å². The summed E-state index contributed by atoms with van der Waals surface area (Å²) in [6.45, 7) is 6.93. The van der Waals surface area contributed by atoms with Gasteiger partial charge in [0.2, 0.25) is 0 Å². The van der Waals surface area contributed by atoms with Crippen molar-refractivity contribution in [3.05, 3.63) is 83.2 Å². The molecule has 0 aromatic heterocycles. The van der Waals surface area contributed by atoms with Crippen molar-refractivity contribution < 1.29 is 23.4 Å². The van der Waals surface area contributed by atoms with Crippen LogP contribution in [0.15, 0.2) is 60.7 Å². The van der Waals surface area contributed by atoms with Gasteiger partial charge in [-0.15, -0.1) is 0 Å². The molecular weight excluding hydrogens is 467 g/mol. The molecule has 37 heavy (non-hydrogen) atoms. The maximum Gasteiger partial charge on any atom is 0.306 e. The zero-order valence-corrected chi connectivity index (χ0v) is 22.5. The van der Waals surface area contributed by atoms with Gasteiger partial charge in [0, 0.05) is 5.56 Å². The van der Waals surface area contributed by atoms with Crippen molar-refractivity contribution in [3.8, 4) is 22.6 Å². The Balaban J connectivity index is 1.56. The quantitative estimate of drug-likeness (QED) is 0.265. The van der Waals surface area contributed by atoms with Crippen molar-refractivity contribution in [2.45, 2.75) is 59.0 Å². The molecule has 1 unspecified atom stereocenters. The molecule has 0 radical (unpaired) electrons. The highest BCUT2D eigenvalue weighted by atomic mass is 19.1. The van der Waals surface area contributed by atoms with Crippen LogP contribution in [0.3, 0.4) is 0 Å². The summed E-state index contributed by atoms with van der Waals surface area (Å²) in [6, 6.07) is 19.0. The SMILES string of the molecule is COC(=O)CC(c1cccc(OCc2ccc(-c3cc(OC)ccc3F)c(CC(C)(C)C)c2)c1)C1CC1. The summed E-state index contributed by atoms with van der Waals surface area (Å²) < 4.78 is 31.3. The first-order valence-electron chi connectivity index (χ1n) is 12.9. The smallest absolute Gasteiger partial charge is 0.306 e. The number of ether oxygens (including phenoxy) is 3. The van der Waals surface area contributed by atoms with Gasteiger partial charge in [0.25, 0.3) is 0 Å². The molecule has 0 heterocycles. The number of hydrogen-bond donors (Lipinski definition) is 0. The molecule has 0 spiro atoms. The molecule has 1 aliphatic carbocycles. The predicted molar refractivity (Wildman–Crippen MR) is 144 cm³/mol. The minimum absolute atomic E-state index is 0.0232. The van der Waals surface area contributed by atoms with E-state index in [1.165, 1.54) is 13.2 Å². The second-order valence-electron chi connectivity index (χ2n) is 11.2. The number of rotatable bonds is 10. The summed E-state index contributed by atoms with van der Waals surface area (Å²) in [5.74, 6) is 1.64. The summed E-state index contributed by atoms with van der Waals surface area (Å²) in [5, 5.41) is 0. The fourth-order valence-electron chi connectivity index (χ4n) is 4.87. The summed E-state index contributed by atoms with van der Waals surface area (Å²) in [7, 11) is 3.03. The van der Waals surface area contributed by atoms with Gasteiger partial charge in [-0.3, -0.25) is 4.79 Å². The van der Waals surface area contributed by atoms with Crippen molar-refractivity contribution in [1.29, 1.82) is 0 Å². The molecule has 3 aromatic carbocycles. The molecule has 5 heteroatoms. The van der Waals surface area contributed by atoms with Gasteiger partial charge >= 0.3 is 5.97 Å². The molecule has 1 fully saturated rings. The zero-order valence-electron chi connectivity index (χ0n) is 22.5. The largest absolute Gasteiger partial charge is 0.497 e. The molecule has 0 saturated heterocycles. The van der Waals surface area contributed by atoms with Crippen LogP contribution in [0.1, 0.15) is 62.6 Å². The van der Waals surface area contributed by atoms with Gasteiger partial charge in [-0.1, -0.05) is 51.1 Å². The lowest BCUT2D eigenvalue weighted by Gasteiger charge is -2.22. The third-order valence-electron chi connectivity index (χ3n) is 6.85. The maximum atomic E-state index is 14.8. The summed E-state index contributed by atoms with van der Waals surface area (Å²) >= 11 is 0. The van der Waals surface area contributed by atoms with E-state index in [1.54, 1.807) is 19.2 Å². The van der Waals surface area contributed by atoms with Gasteiger partial charge in [0.1, 0.15) is 23.9 Å². The van der Waals surface area contributed by atoms with Crippen molar-refractivity contribution in [1.82, 2.24) is 0 Å². The van der Waals surface area contributed by atoms with Crippen molar-refractivity contribution in [3.63, 3.8) is 0 Å². The highest BCUT2D eigenvalue weighted by Crippen LogP contribution is 2.45. The molecule has 0 aliphatic heterocycles. The molecule has 1 atom stereocenters. The van der Waals surface area contributed by atoms with Crippen molar-refractivity contribution >= 4 is 5.97 Å². The Kier molecular flexibility index (Phi) is 8.21. The van der Waals surface area contributed by atoms with Crippen LogP contribution in [0, 0.1) is 17.2 Å².